The van der Waals surface area contributed by atoms with Crippen LogP contribution in [0, 0.1) is 0 Å². The molecule has 0 unspecified atom stereocenters. The smallest absolute Gasteiger partial charge is 0.129 e. The molecule has 0 aromatic carbocycles. The Morgan fingerprint density at radius 1 is 1.12 bits per heavy atom. The Kier molecular flexibility index (Phi) is 6.24. The van der Waals surface area contributed by atoms with E-state index in [1.54, 1.807) is 0 Å². The van der Waals surface area contributed by atoms with Gasteiger partial charge in [-0.25, -0.2) is 4.98 Å². The van der Waals surface area contributed by atoms with Gasteiger partial charge in [0.25, 0.3) is 0 Å². The fourth-order valence-electron chi connectivity index (χ4n) is 1.62. The summed E-state index contributed by atoms with van der Waals surface area (Å²) in [4.78, 5) is 6.54. The molecule has 2 nitrogen and oxygen atoms in total. The van der Waals surface area contributed by atoms with E-state index in [4.69, 9.17) is 11.6 Å². The first-order valence-electron chi connectivity index (χ1n) is 6.14. The van der Waals surface area contributed by atoms with Gasteiger partial charge in [-0.05, 0) is 25.0 Å². The lowest BCUT2D eigenvalue weighted by atomic mass is 10.2. The summed E-state index contributed by atoms with van der Waals surface area (Å²) in [6, 6.07) is 3.92. The molecule has 3 heteroatoms. The molecule has 0 saturated heterocycles. The number of halogens is 1. The molecule has 1 aromatic rings. The minimum atomic E-state index is 0.565. The van der Waals surface area contributed by atoms with Gasteiger partial charge in [0.2, 0.25) is 0 Å². The van der Waals surface area contributed by atoms with Crippen molar-refractivity contribution in [3.05, 3.63) is 23.5 Å². The fraction of sp³-hybridized carbons (Fsp3) is 0.615. The third-order valence-corrected chi connectivity index (χ3v) is 2.86. The van der Waals surface area contributed by atoms with E-state index in [-0.39, 0.29) is 0 Å². The predicted molar refractivity (Wildman–Crippen MR) is 71.3 cm³/mol. The second-order valence-corrected chi connectivity index (χ2v) is 4.42. The van der Waals surface area contributed by atoms with Crippen molar-refractivity contribution in [3.63, 3.8) is 0 Å². The maximum Gasteiger partial charge on any atom is 0.129 e. The Morgan fingerprint density at radius 2 is 1.75 bits per heavy atom. The molecule has 0 aliphatic rings. The lowest BCUT2D eigenvalue weighted by molar-refractivity contribution is 0.677. The predicted octanol–water partition coefficient (Wildman–Crippen LogP) is 4.14. The van der Waals surface area contributed by atoms with Crippen molar-refractivity contribution < 1.29 is 0 Å². The molecule has 0 N–H and O–H groups in total. The third kappa shape index (κ3) is 4.40. The Bertz CT molecular complexity index is 276. The molecular formula is C13H21ClN2. The second kappa shape index (κ2) is 7.50. The van der Waals surface area contributed by atoms with E-state index in [0.717, 1.165) is 13.1 Å². The number of aromatic nitrogens is 1. The fourth-order valence-corrected chi connectivity index (χ4v) is 1.73. The van der Waals surface area contributed by atoms with E-state index in [0.29, 0.717) is 5.15 Å². The number of unbranched alkanes of at least 4 members (excludes halogenated alkanes) is 2. The summed E-state index contributed by atoms with van der Waals surface area (Å²) >= 11 is 5.80. The standard InChI is InChI=1S/C13H21ClN2/c1-3-5-9-16(10-6-4-2)12-7-8-13(14)15-11-12/h7-8,11H,3-6,9-10H2,1-2H3. The Morgan fingerprint density at radius 3 is 2.19 bits per heavy atom. The van der Waals surface area contributed by atoms with Gasteiger partial charge in [-0.15, -0.1) is 0 Å². The van der Waals surface area contributed by atoms with Gasteiger partial charge in [0.1, 0.15) is 5.15 Å². The Balaban J connectivity index is 2.62. The average molecular weight is 241 g/mol. The Hall–Kier alpha value is -0.760. The molecule has 1 aromatic heterocycles. The van der Waals surface area contributed by atoms with Crippen LogP contribution in [0.25, 0.3) is 0 Å². The third-order valence-electron chi connectivity index (χ3n) is 2.64. The lowest BCUT2D eigenvalue weighted by Gasteiger charge is -2.24. The van der Waals surface area contributed by atoms with Crippen molar-refractivity contribution in [2.75, 3.05) is 18.0 Å². The molecule has 0 amide bonds. The maximum absolute atomic E-state index is 5.80. The van der Waals surface area contributed by atoms with Gasteiger partial charge >= 0.3 is 0 Å². The van der Waals surface area contributed by atoms with Crippen molar-refractivity contribution in [2.45, 2.75) is 39.5 Å². The van der Waals surface area contributed by atoms with Crippen LogP contribution in [-0.2, 0) is 0 Å². The van der Waals surface area contributed by atoms with Crippen LogP contribution >= 0.6 is 11.6 Å². The van der Waals surface area contributed by atoms with Crippen LogP contribution in [0.1, 0.15) is 39.5 Å². The SMILES string of the molecule is CCCCN(CCCC)c1ccc(Cl)nc1. The van der Waals surface area contributed by atoms with Gasteiger partial charge in [-0.2, -0.15) is 0 Å². The second-order valence-electron chi connectivity index (χ2n) is 4.03. The molecule has 0 aliphatic heterocycles. The highest BCUT2D eigenvalue weighted by molar-refractivity contribution is 6.29. The summed E-state index contributed by atoms with van der Waals surface area (Å²) in [6.07, 6.45) is 6.78. The zero-order chi connectivity index (χ0) is 11.8. The van der Waals surface area contributed by atoms with Gasteiger partial charge in [-0.1, -0.05) is 38.3 Å². The van der Waals surface area contributed by atoms with Crippen molar-refractivity contribution in [3.8, 4) is 0 Å². The van der Waals surface area contributed by atoms with Gasteiger partial charge in [0, 0.05) is 13.1 Å². The molecule has 0 bridgehead atoms. The number of nitrogens with zero attached hydrogens (tertiary/aromatic N) is 2. The molecule has 90 valence electrons. The highest BCUT2D eigenvalue weighted by atomic mass is 35.5. The van der Waals surface area contributed by atoms with Crippen LogP contribution in [0.5, 0.6) is 0 Å². The van der Waals surface area contributed by atoms with E-state index >= 15 is 0 Å². The monoisotopic (exact) mass is 240 g/mol. The number of hydrogen-bond acceptors (Lipinski definition) is 2. The van der Waals surface area contributed by atoms with Gasteiger partial charge in [-0.3, -0.25) is 0 Å². The molecule has 0 atom stereocenters. The zero-order valence-electron chi connectivity index (χ0n) is 10.2. The lowest BCUT2D eigenvalue weighted by Crippen LogP contribution is -2.25. The molecule has 1 heterocycles. The Labute approximate surface area is 104 Å². The maximum atomic E-state index is 5.80. The van der Waals surface area contributed by atoms with E-state index in [1.165, 1.54) is 31.4 Å². The molecule has 0 spiro atoms. The molecule has 0 fully saturated rings. The zero-order valence-corrected chi connectivity index (χ0v) is 11.0. The molecular weight excluding hydrogens is 220 g/mol. The van der Waals surface area contributed by atoms with Crippen LogP contribution in [0.2, 0.25) is 5.15 Å². The normalized spacial score (nSPS) is 10.4. The summed E-state index contributed by atoms with van der Waals surface area (Å²) < 4.78 is 0. The van der Waals surface area contributed by atoms with Crippen molar-refractivity contribution in [1.29, 1.82) is 0 Å². The van der Waals surface area contributed by atoms with Crippen molar-refractivity contribution in [2.24, 2.45) is 0 Å². The summed E-state index contributed by atoms with van der Waals surface area (Å²) in [5, 5.41) is 0.565. The largest absolute Gasteiger partial charge is 0.370 e. The quantitative estimate of drug-likeness (QED) is 0.666. The van der Waals surface area contributed by atoms with Crippen molar-refractivity contribution in [1.82, 2.24) is 4.98 Å². The van der Waals surface area contributed by atoms with Crippen LogP contribution in [0.4, 0.5) is 5.69 Å². The molecule has 0 radical (unpaired) electrons. The van der Waals surface area contributed by atoms with Gasteiger partial charge in [0.05, 0.1) is 11.9 Å². The number of hydrogen-bond donors (Lipinski definition) is 0. The van der Waals surface area contributed by atoms with Gasteiger partial charge < -0.3 is 4.90 Å². The van der Waals surface area contributed by atoms with E-state index < -0.39 is 0 Å². The molecule has 16 heavy (non-hydrogen) atoms. The minimum Gasteiger partial charge on any atom is -0.370 e. The van der Waals surface area contributed by atoms with Crippen LogP contribution in [0.3, 0.4) is 0 Å². The number of anilines is 1. The summed E-state index contributed by atoms with van der Waals surface area (Å²) in [6.45, 7) is 6.66. The van der Waals surface area contributed by atoms with Gasteiger partial charge in [0.15, 0.2) is 0 Å². The van der Waals surface area contributed by atoms with Crippen LogP contribution < -0.4 is 4.90 Å². The number of rotatable bonds is 7. The molecule has 0 aliphatic carbocycles. The van der Waals surface area contributed by atoms with E-state index in [2.05, 4.69) is 29.8 Å². The first-order chi connectivity index (χ1) is 7.77. The minimum absolute atomic E-state index is 0.565. The first-order valence-corrected chi connectivity index (χ1v) is 6.52. The topological polar surface area (TPSA) is 16.1 Å². The van der Waals surface area contributed by atoms with E-state index in [1.807, 2.05) is 12.3 Å². The van der Waals surface area contributed by atoms with Crippen molar-refractivity contribution >= 4 is 17.3 Å². The molecule has 0 saturated carbocycles. The average Bonchev–Trinajstić information content (AvgIpc) is 2.31. The summed E-state index contributed by atoms with van der Waals surface area (Å²) in [5.41, 5.74) is 1.19. The summed E-state index contributed by atoms with van der Waals surface area (Å²) in [7, 11) is 0. The molecule has 1 rings (SSSR count). The van der Waals surface area contributed by atoms with Crippen LogP contribution in [0.15, 0.2) is 18.3 Å². The van der Waals surface area contributed by atoms with E-state index in [9.17, 15) is 0 Å². The van der Waals surface area contributed by atoms with Crippen LogP contribution in [-0.4, -0.2) is 18.1 Å². The highest BCUT2D eigenvalue weighted by Gasteiger charge is 2.05. The first kappa shape index (κ1) is 13.3. The highest BCUT2D eigenvalue weighted by Crippen LogP contribution is 2.16. The summed E-state index contributed by atoms with van der Waals surface area (Å²) in [5.74, 6) is 0. The number of pyridine rings is 1.